The Bertz CT molecular complexity index is 7680. The van der Waals surface area contributed by atoms with Crippen LogP contribution in [0.3, 0.4) is 0 Å². The van der Waals surface area contributed by atoms with E-state index < -0.39 is 5.41 Å². The number of para-hydroxylation sites is 5. The Kier molecular flexibility index (Phi) is 15.5. The molecule has 2 atom stereocenters. The van der Waals surface area contributed by atoms with Gasteiger partial charge in [-0.2, -0.15) is 0 Å². The third-order valence-corrected chi connectivity index (χ3v) is 26.5. The van der Waals surface area contributed by atoms with Crippen molar-refractivity contribution in [2.24, 2.45) is 0 Å². The van der Waals surface area contributed by atoms with Gasteiger partial charge in [-0.1, -0.05) is 345 Å². The Morgan fingerprint density at radius 1 is 0.273 bits per heavy atom. The molecule has 5 nitrogen and oxygen atoms in total. The highest BCUT2D eigenvalue weighted by Crippen LogP contribution is 2.59. The summed E-state index contributed by atoms with van der Waals surface area (Å²) in [4.78, 5) is 2.60. The van der Waals surface area contributed by atoms with Crippen LogP contribution in [0.2, 0.25) is 0 Å². The number of anilines is 3. The van der Waals surface area contributed by atoms with E-state index in [9.17, 15) is 0 Å². The highest BCUT2D eigenvalue weighted by Gasteiger charge is 2.55. The van der Waals surface area contributed by atoms with Crippen LogP contribution in [-0.4, -0.2) is 22.6 Å². The molecule has 5 aliphatic rings. The van der Waals surface area contributed by atoms with Crippen molar-refractivity contribution in [1.82, 2.24) is 9.13 Å². The van der Waals surface area contributed by atoms with Gasteiger partial charge in [0.2, 0.25) is 0 Å². The van der Waals surface area contributed by atoms with Crippen LogP contribution < -0.4 is 47.2 Å². The number of rotatable bonds is 12. The highest BCUT2D eigenvalue weighted by atomic mass is 16.5. The van der Waals surface area contributed by atoms with Crippen molar-refractivity contribution in [3.63, 3.8) is 0 Å². The average Bonchev–Trinajstić information content (AvgIpc) is 1.25. The topological polar surface area (TPSA) is 31.6 Å². The summed E-state index contributed by atoms with van der Waals surface area (Å²) < 4.78 is 21.1. The second-order valence-corrected chi connectivity index (χ2v) is 32.8. The van der Waals surface area contributed by atoms with Crippen molar-refractivity contribution in [2.45, 2.75) is 11.3 Å². The molecule has 6 heterocycles. The SMILES string of the molecule is C1=CC(c2ccccc2)(C2c3cc4c(cc3B3c5ccc(-c6ccccc6)c(-c6ccccc6)c5Oc5cc(-c6ccc7c(c6)c6ccccc6n7-c6ccccc6)cc2c53)B2c3ccc(-c5ccccc5)c(-c5ccccc5)c3Oc3cc(-c5ccc6c(c5)c5ccccc5n6-c5ccccc5)cc(c32)N4c2ccccc2)C(c2ccccc2)=C1. The molecule has 4 aliphatic heterocycles. The lowest BCUT2D eigenvalue weighted by molar-refractivity contribution is 0.487. The van der Waals surface area contributed by atoms with Crippen LogP contribution in [0.4, 0.5) is 17.1 Å². The highest BCUT2D eigenvalue weighted by molar-refractivity contribution is 7.01. The zero-order chi connectivity index (χ0) is 79.4. The first-order chi connectivity index (χ1) is 60.0. The maximum atomic E-state index is 8.23. The van der Waals surface area contributed by atoms with E-state index >= 15 is 0 Å². The molecule has 0 radical (unpaired) electrons. The van der Waals surface area contributed by atoms with Gasteiger partial charge in [-0.15, -0.1) is 0 Å². The minimum atomic E-state index is -0.820. The third kappa shape index (κ3) is 10.5. The van der Waals surface area contributed by atoms with Crippen LogP contribution in [0.15, 0.2) is 437 Å². The summed E-state index contributed by atoms with van der Waals surface area (Å²) in [7, 11) is 0. The number of hydrogen-bond donors (Lipinski definition) is 0. The standard InChI is InChI=1S/C114H73B2N3O2/c1-10-33-73(34-11-1)86-58-60-95-112(107(86)76-39-16-4-17-40-76)120-105-69-80(78-56-62-101-90(65-78)88-51-28-30-54-99(88)117(101)83-45-22-7-23-46-83)67-93-109(114(82-43-20-6-21-44-82)64-32-53-94(114)75-37-14-3-15-38-75)92-71-103-98(72-97(92)115(95)110(93)105)116-96-61-59-87(74-35-12-2-13-36-74)108(77-41-18-5-19-42-77)113(96)121-106-70-81(68-104(111(106)116)119(103)85-49-26-9-27-50-85)79-57-63-102-91(66-79)89-52-29-31-55-100(89)118(102)84-47-24-8-25-48-84/h1-72,109H. The molecule has 25 rings (SSSR count). The molecule has 2 unspecified atom stereocenters. The van der Waals surface area contributed by atoms with Crippen LogP contribution in [0.5, 0.6) is 23.0 Å². The van der Waals surface area contributed by atoms with E-state index in [-0.39, 0.29) is 19.3 Å². The van der Waals surface area contributed by atoms with Crippen molar-refractivity contribution in [3.8, 4) is 101 Å². The Balaban J connectivity index is 0.818. The molecule has 562 valence electrons. The van der Waals surface area contributed by atoms with Crippen LogP contribution in [-0.2, 0) is 5.41 Å². The molecule has 7 heteroatoms. The molecule has 18 aromatic carbocycles. The molecule has 0 fully saturated rings. The van der Waals surface area contributed by atoms with E-state index in [0.717, 1.165) is 162 Å². The molecular weight excluding hydrogens is 1460 g/mol. The quantitative estimate of drug-likeness (QED) is 0.114. The Labute approximate surface area is 702 Å². The monoisotopic (exact) mass is 1540 g/mol. The molecule has 0 amide bonds. The first-order valence-electron chi connectivity index (χ1n) is 42.0. The molecule has 0 spiro atoms. The first kappa shape index (κ1) is 68.8. The van der Waals surface area contributed by atoms with Crippen molar-refractivity contribution in [1.29, 1.82) is 0 Å². The summed E-state index contributed by atoms with van der Waals surface area (Å²) in [6.07, 6.45) is 7.29. The Morgan fingerprint density at radius 3 is 1.21 bits per heavy atom. The molecule has 121 heavy (non-hydrogen) atoms. The number of aromatic nitrogens is 2. The van der Waals surface area contributed by atoms with Gasteiger partial charge in [0.25, 0.3) is 13.4 Å². The second-order valence-electron chi connectivity index (χ2n) is 32.8. The van der Waals surface area contributed by atoms with E-state index in [1.165, 1.54) is 60.2 Å². The normalized spacial score (nSPS) is 15.0. The lowest BCUT2D eigenvalue weighted by Gasteiger charge is -2.48. The first-order valence-corrected chi connectivity index (χ1v) is 42.0. The van der Waals surface area contributed by atoms with Gasteiger partial charge in [-0.3, -0.25) is 0 Å². The van der Waals surface area contributed by atoms with Crippen LogP contribution in [0, 0.1) is 0 Å². The van der Waals surface area contributed by atoms with Gasteiger partial charge >= 0.3 is 0 Å². The molecule has 0 saturated carbocycles. The average molecular weight is 1540 g/mol. The van der Waals surface area contributed by atoms with E-state index in [2.05, 4.69) is 451 Å². The lowest BCUT2D eigenvalue weighted by Crippen LogP contribution is -2.65. The van der Waals surface area contributed by atoms with Crippen LogP contribution in [0.1, 0.15) is 28.2 Å². The van der Waals surface area contributed by atoms with Crippen molar-refractivity contribution < 1.29 is 9.47 Å². The fourth-order valence-electron chi connectivity index (χ4n) is 21.4. The number of benzene rings is 18. The number of nitrogens with zero attached hydrogens (tertiary/aromatic N) is 3. The predicted molar refractivity (Wildman–Crippen MR) is 505 cm³/mol. The van der Waals surface area contributed by atoms with E-state index in [1.54, 1.807) is 0 Å². The van der Waals surface area contributed by atoms with E-state index in [4.69, 9.17) is 9.47 Å². The number of ether oxygens (including phenoxy) is 2. The Morgan fingerprint density at radius 2 is 0.694 bits per heavy atom. The fraction of sp³-hybridized carbons (Fsp3) is 0.0175. The maximum Gasteiger partial charge on any atom is 0.256 e. The van der Waals surface area contributed by atoms with E-state index in [1.807, 2.05) is 0 Å². The number of allylic oxidation sites excluding steroid dienone is 4. The van der Waals surface area contributed by atoms with Crippen LogP contribution in [0.25, 0.3) is 127 Å². The molecule has 0 saturated heterocycles. The summed E-state index contributed by atoms with van der Waals surface area (Å²) in [5.41, 5.74) is 35.2. The molecule has 0 bridgehead atoms. The number of hydrogen-bond acceptors (Lipinski definition) is 3. The minimum Gasteiger partial charge on any atom is -0.458 e. The lowest BCUT2D eigenvalue weighted by atomic mass is 9.28. The largest absolute Gasteiger partial charge is 0.458 e. The molecule has 1 aliphatic carbocycles. The van der Waals surface area contributed by atoms with Crippen molar-refractivity contribution in [2.75, 3.05) is 4.90 Å². The van der Waals surface area contributed by atoms with Gasteiger partial charge in [0, 0.05) is 72.4 Å². The molecule has 2 aromatic heterocycles. The minimum absolute atomic E-state index is 0.347. The summed E-state index contributed by atoms with van der Waals surface area (Å²) in [6.45, 7) is -0.698. The summed E-state index contributed by atoms with van der Waals surface area (Å²) in [5.74, 6) is 2.97. The van der Waals surface area contributed by atoms with Crippen LogP contribution >= 0.6 is 0 Å². The predicted octanol–water partition coefficient (Wildman–Crippen LogP) is 24.9. The van der Waals surface area contributed by atoms with Gasteiger partial charge in [0.15, 0.2) is 0 Å². The zero-order valence-corrected chi connectivity index (χ0v) is 66.0. The summed E-state index contributed by atoms with van der Waals surface area (Å²) in [6, 6.07) is 156. The zero-order valence-electron chi connectivity index (χ0n) is 66.0. The van der Waals surface area contributed by atoms with Crippen molar-refractivity contribution in [3.05, 3.63) is 459 Å². The summed E-state index contributed by atoms with van der Waals surface area (Å²) in [5, 5.41) is 4.74. The van der Waals surface area contributed by atoms with Crippen molar-refractivity contribution >= 4 is 112 Å². The number of fused-ring (bicyclic) bond motifs is 14. The van der Waals surface area contributed by atoms with E-state index in [0.29, 0.717) is 0 Å². The van der Waals surface area contributed by atoms with Gasteiger partial charge in [0.05, 0.1) is 22.1 Å². The van der Waals surface area contributed by atoms with Gasteiger partial charge in [-0.25, -0.2) is 0 Å². The second kappa shape index (κ2) is 27.3. The molecule has 0 N–H and O–H groups in total. The van der Waals surface area contributed by atoms with Gasteiger partial charge in [0.1, 0.15) is 23.0 Å². The summed E-state index contributed by atoms with van der Waals surface area (Å²) >= 11 is 0. The maximum absolute atomic E-state index is 8.23. The van der Waals surface area contributed by atoms with Gasteiger partial charge < -0.3 is 23.5 Å². The third-order valence-electron chi connectivity index (χ3n) is 26.5. The fourth-order valence-corrected chi connectivity index (χ4v) is 21.4. The molecular formula is C114H73B2N3O2. The van der Waals surface area contributed by atoms with Gasteiger partial charge in [-0.05, 0) is 208 Å². The Hall–Kier alpha value is -15.4. The molecule has 20 aromatic rings. The smallest absolute Gasteiger partial charge is 0.256 e.